The Morgan fingerprint density at radius 3 is 1.40 bits per heavy atom. The minimum atomic E-state index is -0.492. The lowest BCUT2D eigenvalue weighted by atomic mass is 9.94. The molecule has 0 radical (unpaired) electrons. The van der Waals surface area contributed by atoms with Gasteiger partial charge in [0.15, 0.2) is 11.6 Å². The zero-order valence-electron chi connectivity index (χ0n) is 83.9. The predicted octanol–water partition coefficient (Wildman–Crippen LogP) is 17.1. The van der Waals surface area contributed by atoms with Crippen LogP contribution in [0.25, 0.3) is 32.7 Å². The molecule has 0 unspecified atom stereocenters. The number of anilines is 8. The lowest BCUT2D eigenvalue weighted by Gasteiger charge is -2.35. The van der Waals surface area contributed by atoms with Gasteiger partial charge in [-0.05, 0) is 198 Å². The van der Waals surface area contributed by atoms with Crippen molar-refractivity contribution in [1.29, 1.82) is 0 Å². The molecule has 0 atom stereocenters. The molecule has 17 rings (SSSR count). The number of carbonyl (C=O) groups is 6. The van der Waals surface area contributed by atoms with Crippen molar-refractivity contribution in [3.05, 3.63) is 234 Å². The second-order valence-corrected chi connectivity index (χ2v) is 38.1. The summed E-state index contributed by atoms with van der Waals surface area (Å²) in [7, 11) is 3.29. The molecular weight excluding hydrogens is 1790 g/mol. The molecule has 13 aromatic rings. The molecule has 142 heavy (non-hydrogen) atoms. The number of hydrogen-bond acceptors (Lipinski definition) is 29. The smallest absolute Gasteiger partial charge is 0.320 e. The van der Waals surface area contributed by atoms with Crippen molar-refractivity contribution in [3.63, 3.8) is 0 Å². The number of amides is 3. The largest absolute Gasteiger partial charge is 0.459 e. The number of rotatable bonds is 42. The SMILES string of the molecule is CC(C)(C)OC(=O)CNCc1ccc(NC(=O)c2cc(N(CC3CC3)C3CCCCC3)ncn2)cc1.CC(C)CN(c1cc(C(=O)Cc2ccc3[nH]ncc3c2)ncn1)C1CCCC1.CCCN(CC1CC1)c1cc(C(=O)Nc2cc3cn[nH]c3cc2C)ncn1.CCCN(CCC)c1cc(C(=O)Cc2ccc(CN)cc2)ncn1.COCCN(CCOC)c1cc(C(=O)Nc2ccc3[nH]ncc3c2)ncn1. The fourth-order valence-corrected chi connectivity index (χ4v) is 17.2. The second kappa shape index (κ2) is 53.0. The fourth-order valence-electron chi connectivity index (χ4n) is 17.2. The minimum Gasteiger partial charge on any atom is -0.459 e. The molecule has 750 valence electrons. The molecule has 4 saturated carbocycles. The number of nitrogens with one attached hydrogen (secondary N) is 7. The van der Waals surface area contributed by atoms with Gasteiger partial charge in [0.25, 0.3) is 17.7 Å². The lowest BCUT2D eigenvalue weighted by molar-refractivity contribution is -0.153. The third-order valence-electron chi connectivity index (χ3n) is 24.8. The number of methoxy groups -OCH3 is 2. The van der Waals surface area contributed by atoms with E-state index in [4.69, 9.17) is 19.9 Å². The number of ketones is 2. The molecule has 4 fully saturated rings. The molecule has 3 amide bonds. The number of nitrogens with zero attached hydrogens (tertiary/aromatic N) is 18. The van der Waals surface area contributed by atoms with Gasteiger partial charge in [-0.3, -0.25) is 44.1 Å². The van der Waals surface area contributed by atoms with Crippen LogP contribution in [0.5, 0.6) is 0 Å². The fraction of sp³-hybridized carbons (Fsp3) is 0.449. The summed E-state index contributed by atoms with van der Waals surface area (Å²) in [6.45, 7) is 27.7. The highest BCUT2D eigenvalue weighted by atomic mass is 16.6. The monoisotopic (exact) mass is 1930 g/mol. The third-order valence-corrected chi connectivity index (χ3v) is 24.8. The molecule has 8 heterocycles. The number of aromatic nitrogens is 16. The Hall–Kier alpha value is -14.0. The van der Waals surface area contributed by atoms with Crippen LogP contribution in [-0.4, -0.2) is 220 Å². The molecule has 0 bridgehead atoms. The summed E-state index contributed by atoms with van der Waals surface area (Å²) < 4.78 is 15.6. The maximum Gasteiger partial charge on any atom is 0.320 e. The highest BCUT2D eigenvalue weighted by molar-refractivity contribution is 6.06. The van der Waals surface area contributed by atoms with Crippen molar-refractivity contribution in [3.8, 4) is 0 Å². The van der Waals surface area contributed by atoms with Crippen molar-refractivity contribution in [1.82, 2.24) is 85.7 Å². The van der Waals surface area contributed by atoms with Crippen molar-refractivity contribution < 1.29 is 43.0 Å². The number of aryl methyl sites for hydroxylation is 1. The van der Waals surface area contributed by atoms with Crippen LogP contribution >= 0.6 is 0 Å². The molecule has 9 N–H and O–H groups in total. The van der Waals surface area contributed by atoms with Crippen LogP contribution in [0, 0.1) is 24.7 Å². The Morgan fingerprint density at radius 1 is 0.437 bits per heavy atom. The number of aromatic amines is 3. The molecule has 8 aromatic heterocycles. The number of benzene rings is 5. The summed E-state index contributed by atoms with van der Waals surface area (Å²) in [5.41, 5.74) is 17.0. The zero-order chi connectivity index (χ0) is 100. The van der Waals surface area contributed by atoms with Gasteiger partial charge in [-0.25, -0.2) is 49.8 Å². The Labute approximate surface area is 831 Å². The van der Waals surface area contributed by atoms with Gasteiger partial charge in [-0.15, -0.1) is 0 Å². The van der Waals surface area contributed by atoms with Crippen LogP contribution in [0.2, 0.25) is 0 Å². The molecule has 35 heteroatoms. The van der Waals surface area contributed by atoms with E-state index in [0.717, 1.165) is 160 Å². The summed E-state index contributed by atoms with van der Waals surface area (Å²) in [5, 5.41) is 35.5. The van der Waals surface area contributed by atoms with Crippen LogP contribution in [0.15, 0.2) is 178 Å². The number of ether oxygens (including phenoxy) is 3. The Bertz CT molecular complexity index is 6210. The topological polar surface area (TPSA) is 435 Å². The van der Waals surface area contributed by atoms with E-state index in [0.29, 0.717) is 110 Å². The van der Waals surface area contributed by atoms with Gasteiger partial charge in [0, 0.05) is 168 Å². The first kappa shape index (κ1) is 105. The first-order valence-corrected chi connectivity index (χ1v) is 49.8. The molecule has 35 nitrogen and oxygen atoms in total. The van der Waals surface area contributed by atoms with Crippen molar-refractivity contribution in [2.75, 3.05) is 127 Å². The highest BCUT2D eigenvalue weighted by Gasteiger charge is 2.32. The summed E-state index contributed by atoms with van der Waals surface area (Å²) in [5.74, 6) is 5.04. The van der Waals surface area contributed by atoms with E-state index < -0.39 is 5.60 Å². The Kier molecular flexibility index (Phi) is 39.3. The quantitative estimate of drug-likeness (QED) is 0.0130. The van der Waals surface area contributed by atoms with Gasteiger partial charge in [0.05, 0.1) is 54.9 Å². The standard InChI is InChI=1S/C28H39N5O3.C22H27N5O.C20H24N6O.C19H26N4O.C18H22N6O3/c1-28(2,3)36-26(34)17-29-16-20-11-13-22(14-12-20)32-27(35)24-15-25(31-19-30-24)33(18-21-9-10-21)23-7-5-4-6-8-23;1-15(2)13-27(18-5-3-4-6-18)22-11-20(23-14-24-22)21(28)10-16-7-8-19-17(9-16)12-25-26-19;1-3-6-26(11-14-4-5-14)19-9-18(21-12-22-19)20(27)24-16-8-15-10-23-25-17(15)7-13(16)2;1-3-9-23(10-4-2)19-12-17(21-14-22-19)18(24)11-15-5-7-16(13-20)8-6-15;1-26-7-5-24(6-8-27-2)17-10-16(19-12-20-17)18(25)22-14-3-4-15-13(9-14)11-21-23-15/h11-15,19,21,23,29H,4-10,16-18H2,1-3H3,(H,32,35);7-9,11-12,14-15,18H,3-6,10,13H2,1-2H3,(H,25,26);7-10,12,14H,3-6,11H2,1-2H3,(H,23,25)(H,24,27);5-8,12,14H,3-4,9-11,13,20H2,1-2H3;3-4,9-12H,5-8H2,1-2H3,(H,21,23)(H,22,25). The van der Waals surface area contributed by atoms with Gasteiger partial charge in [-0.2, -0.15) is 15.3 Å². The first-order chi connectivity index (χ1) is 68.9. The first-order valence-electron chi connectivity index (χ1n) is 49.8. The van der Waals surface area contributed by atoms with Crippen LogP contribution in [0.3, 0.4) is 0 Å². The molecule has 4 aliphatic carbocycles. The van der Waals surface area contributed by atoms with E-state index in [1.54, 1.807) is 44.9 Å². The number of Topliss-reactive ketones (excluding diaryl/α,β-unsaturated/α-hetero) is 2. The summed E-state index contributed by atoms with van der Waals surface area (Å²) >= 11 is 0. The van der Waals surface area contributed by atoms with Gasteiger partial charge in [0.2, 0.25) is 0 Å². The van der Waals surface area contributed by atoms with E-state index in [1.807, 2.05) is 148 Å². The Balaban J connectivity index is 0.000000150. The van der Waals surface area contributed by atoms with Gasteiger partial charge in [-0.1, -0.05) is 109 Å². The normalized spacial score (nSPS) is 13.6. The van der Waals surface area contributed by atoms with Gasteiger partial charge in [0.1, 0.15) is 94.8 Å². The van der Waals surface area contributed by atoms with E-state index in [-0.39, 0.29) is 47.5 Å². The number of H-pyrrole nitrogens is 3. The van der Waals surface area contributed by atoms with E-state index >= 15 is 0 Å². The molecule has 0 saturated heterocycles. The third kappa shape index (κ3) is 32.3. The molecule has 0 spiro atoms. The highest BCUT2D eigenvalue weighted by Crippen LogP contribution is 2.37. The predicted molar refractivity (Wildman–Crippen MR) is 557 cm³/mol. The molecule has 0 aliphatic heterocycles. The minimum absolute atomic E-state index is 0.00657. The number of nitrogens with two attached hydrogens (primary N) is 1. The van der Waals surface area contributed by atoms with Gasteiger partial charge < -0.3 is 65.7 Å². The average Bonchev–Trinajstić information content (AvgIpc) is 1.53. The molecule has 5 aromatic carbocycles. The van der Waals surface area contributed by atoms with E-state index in [9.17, 15) is 28.8 Å². The van der Waals surface area contributed by atoms with Crippen molar-refractivity contribution in [2.45, 2.75) is 209 Å². The maximum absolute atomic E-state index is 13.0. The second-order valence-electron chi connectivity index (χ2n) is 38.1. The number of esters is 1. The Morgan fingerprint density at radius 2 is 0.859 bits per heavy atom. The number of hydrogen-bond donors (Lipinski definition) is 8. The van der Waals surface area contributed by atoms with Crippen LogP contribution in [-0.2, 0) is 44.9 Å². The van der Waals surface area contributed by atoms with Gasteiger partial charge >= 0.3 is 5.97 Å². The zero-order valence-corrected chi connectivity index (χ0v) is 83.9. The van der Waals surface area contributed by atoms with Crippen LogP contribution < -0.4 is 51.5 Å². The summed E-state index contributed by atoms with van der Waals surface area (Å²) in [6, 6.07) is 40.7. The number of fused-ring (bicyclic) bond motifs is 3. The molecular formula is C107H138N26O9. The van der Waals surface area contributed by atoms with E-state index in [2.05, 4.69) is 156 Å². The number of carbonyl (C=O) groups excluding carboxylic acids is 6. The van der Waals surface area contributed by atoms with Crippen LogP contribution in [0.1, 0.15) is 238 Å². The average molecular weight is 1930 g/mol. The van der Waals surface area contributed by atoms with Crippen LogP contribution in [0.4, 0.5) is 46.2 Å². The van der Waals surface area contributed by atoms with E-state index in [1.165, 1.54) is 115 Å². The lowest BCUT2D eigenvalue weighted by Crippen LogP contribution is -2.39. The molecule has 4 aliphatic rings. The maximum atomic E-state index is 13.0. The van der Waals surface area contributed by atoms with Crippen molar-refractivity contribution >= 4 is 114 Å². The summed E-state index contributed by atoms with van der Waals surface area (Å²) in [6.07, 6.45) is 32.7. The van der Waals surface area contributed by atoms with Crippen molar-refractivity contribution in [2.24, 2.45) is 23.5 Å². The summed E-state index contributed by atoms with van der Waals surface area (Å²) in [4.78, 5) is 130.